The predicted molar refractivity (Wildman–Crippen MR) is 106 cm³/mol. The molecule has 1 heterocycles. The lowest BCUT2D eigenvalue weighted by atomic mass is 10.1. The predicted octanol–water partition coefficient (Wildman–Crippen LogP) is 0.953. The van der Waals surface area contributed by atoms with E-state index in [9.17, 15) is 19.5 Å². The lowest BCUT2D eigenvalue weighted by Crippen LogP contribution is -2.41. The highest BCUT2D eigenvalue weighted by molar-refractivity contribution is 6.40. The number of nitrogens with zero attached hydrogens (tertiary/aromatic N) is 2. The number of hydrogen-bond acceptors (Lipinski definition) is 6. The number of carbonyl (C=O) groups excluding carboxylic acids is 3. The molecule has 1 aliphatic heterocycles. The minimum absolute atomic E-state index is 0.00879. The van der Waals surface area contributed by atoms with E-state index in [-0.39, 0.29) is 22.9 Å². The quantitative estimate of drug-likeness (QED) is 0.404. The fourth-order valence-electron chi connectivity index (χ4n) is 2.70. The van der Waals surface area contributed by atoms with Crippen LogP contribution >= 0.6 is 0 Å². The van der Waals surface area contributed by atoms with Crippen molar-refractivity contribution in [3.8, 4) is 5.75 Å². The van der Waals surface area contributed by atoms with Crippen molar-refractivity contribution in [3.05, 3.63) is 59.7 Å². The standard InChI is InChI=1S/C20H20N4O5/c25-17-8-4-1-5-14(17)13-21-23-19(27)18(26)22-16-7-3-2-6-15(16)20(28)24-9-11-29-12-10-24/h1-8,13,25H,9-12H2,(H,22,26)(H,23,27)/b21-13-. The summed E-state index contributed by atoms with van der Waals surface area (Å²) in [5.41, 5.74) is 2.99. The van der Waals surface area contributed by atoms with Gasteiger partial charge in [-0.05, 0) is 24.3 Å². The summed E-state index contributed by atoms with van der Waals surface area (Å²) in [5.74, 6) is -2.24. The van der Waals surface area contributed by atoms with E-state index in [0.29, 0.717) is 31.9 Å². The van der Waals surface area contributed by atoms with Gasteiger partial charge in [-0.1, -0.05) is 24.3 Å². The summed E-state index contributed by atoms with van der Waals surface area (Å²) in [6.07, 6.45) is 1.22. The highest BCUT2D eigenvalue weighted by Gasteiger charge is 2.22. The number of hydrogen-bond donors (Lipinski definition) is 3. The van der Waals surface area contributed by atoms with Crippen LogP contribution in [0, 0.1) is 0 Å². The zero-order chi connectivity index (χ0) is 20.6. The second-order valence-corrected chi connectivity index (χ2v) is 6.16. The fourth-order valence-corrected chi connectivity index (χ4v) is 2.70. The number of anilines is 1. The number of aromatic hydroxyl groups is 1. The van der Waals surface area contributed by atoms with Gasteiger partial charge in [-0.3, -0.25) is 14.4 Å². The van der Waals surface area contributed by atoms with E-state index in [0.717, 1.165) is 0 Å². The zero-order valence-corrected chi connectivity index (χ0v) is 15.5. The van der Waals surface area contributed by atoms with Crippen LogP contribution < -0.4 is 10.7 Å². The fraction of sp³-hybridized carbons (Fsp3) is 0.200. The molecule has 0 aromatic heterocycles. The molecule has 0 unspecified atom stereocenters. The molecule has 1 fully saturated rings. The topological polar surface area (TPSA) is 120 Å². The van der Waals surface area contributed by atoms with Crippen LogP contribution in [0.15, 0.2) is 53.6 Å². The van der Waals surface area contributed by atoms with E-state index >= 15 is 0 Å². The molecule has 2 aromatic rings. The van der Waals surface area contributed by atoms with Crippen LogP contribution in [0.25, 0.3) is 0 Å². The SMILES string of the molecule is O=C(N/N=C\c1ccccc1O)C(=O)Nc1ccccc1C(=O)N1CCOCC1. The lowest BCUT2D eigenvalue weighted by molar-refractivity contribution is -0.136. The van der Waals surface area contributed by atoms with Crippen LogP contribution in [0.3, 0.4) is 0 Å². The summed E-state index contributed by atoms with van der Waals surface area (Å²) in [6.45, 7) is 1.83. The number of nitrogens with one attached hydrogen (secondary N) is 2. The maximum absolute atomic E-state index is 12.7. The minimum Gasteiger partial charge on any atom is -0.507 e. The van der Waals surface area contributed by atoms with Crippen LogP contribution in [-0.4, -0.2) is 60.2 Å². The highest BCUT2D eigenvalue weighted by Crippen LogP contribution is 2.18. The van der Waals surface area contributed by atoms with Crippen molar-refractivity contribution >= 4 is 29.6 Å². The Morgan fingerprint density at radius 1 is 1.00 bits per heavy atom. The van der Waals surface area contributed by atoms with Crippen molar-refractivity contribution in [1.29, 1.82) is 0 Å². The average Bonchev–Trinajstić information content (AvgIpc) is 2.75. The number of ether oxygens (including phenoxy) is 1. The van der Waals surface area contributed by atoms with Crippen molar-refractivity contribution in [2.75, 3.05) is 31.6 Å². The summed E-state index contributed by atoms with van der Waals surface area (Å²) in [4.78, 5) is 38.5. The van der Waals surface area contributed by atoms with Crippen molar-refractivity contribution in [3.63, 3.8) is 0 Å². The summed E-state index contributed by atoms with van der Waals surface area (Å²) < 4.78 is 5.24. The smallest absolute Gasteiger partial charge is 0.329 e. The number of para-hydroxylation sites is 2. The van der Waals surface area contributed by atoms with E-state index in [1.54, 1.807) is 47.4 Å². The minimum atomic E-state index is -1.01. The number of hydrazone groups is 1. The van der Waals surface area contributed by atoms with Crippen molar-refractivity contribution in [2.24, 2.45) is 5.10 Å². The number of morpholine rings is 1. The Balaban J connectivity index is 1.63. The molecule has 0 atom stereocenters. The Hall–Kier alpha value is -3.72. The molecule has 29 heavy (non-hydrogen) atoms. The van der Waals surface area contributed by atoms with Gasteiger partial charge in [0.05, 0.1) is 30.7 Å². The molecule has 0 bridgehead atoms. The van der Waals surface area contributed by atoms with E-state index < -0.39 is 11.8 Å². The summed E-state index contributed by atoms with van der Waals surface area (Å²) in [7, 11) is 0. The molecule has 9 nitrogen and oxygen atoms in total. The highest BCUT2D eigenvalue weighted by atomic mass is 16.5. The first-order chi connectivity index (χ1) is 14.1. The molecule has 1 saturated heterocycles. The molecule has 3 N–H and O–H groups in total. The first-order valence-corrected chi connectivity index (χ1v) is 8.94. The molecular weight excluding hydrogens is 376 g/mol. The first kappa shape index (κ1) is 20.0. The van der Waals surface area contributed by atoms with Gasteiger partial charge < -0.3 is 20.1 Å². The van der Waals surface area contributed by atoms with Gasteiger partial charge in [-0.2, -0.15) is 5.10 Å². The largest absolute Gasteiger partial charge is 0.507 e. The summed E-state index contributed by atoms with van der Waals surface area (Å²) in [5, 5.41) is 15.7. The second kappa shape index (κ2) is 9.47. The van der Waals surface area contributed by atoms with Gasteiger partial charge in [0.2, 0.25) is 0 Å². The van der Waals surface area contributed by atoms with Gasteiger partial charge in [-0.25, -0.2) is 5.43 Å². The molecule has 0 aliphatic carbocycles. The van der Waals surface area contributed by atoms with Crippen molar-refractivity contribution in [2.45, 2.75) is 0 Å². The number of amides is 3. The number of carbonyl (C=O) groups is 3. The molecule has 9 heteroatoms. The van der Waals surface area contributed by atoms with E-state index in [2.05, 4.69) is 15.8 Å². The van der Waals surface area contributed by atoms with Gasteiger partial charge in [-0.15, -0.1) is 0 Å². The Kier molecular flexibility index (Phi) is 6.54. The third-order valence-corrected chi connectivity index (χ3v) is 4.22. The Bertz CT molecular complexity index is 938. The van der Waals surface area contributed by atoms with Gasteiger partial charge >= 0.3 is 11.8 Å². The molecule has 3 rings (SSSR count). The summed E-state index contributed by atoms with van der Waals surface area (Å²) >= 11 is 0. The molecule has 2 aromatic carbocycles. The molecular formula is C20H20N4O5. The average molecular weight is 396 g/mol. The van der Waals surface area contributed by atoms with Crippen LogP contribution in [0.2, 0.25) is 0 Å². The van der Waals surface area contributed by atoms with Gasteiger partial charge in [0.15, 0.2) is 0 Å². The van der Waals surface area contributed by atoms with Gasteiger partial charge in [0.25, 0.3) is 5.91 Å². The Labute approximate surface area is 167 Å². The second-order valence-electron chi connectivity index (χ2n) is 6.16. The molecule has 150 valence electrons. The van der Waals surface area contributed by atoms with E-state index in [1.165, 1.54) is 12.3 Å². The zero-order valence-electron chi connectivity index (χ0n) is 15.5. The molecule has 0 radical (unpaired) electrons. The molecule has 0 saturated carbocycles. The van der Waals surface area contributed by atoms with Crippen LogP contribution in [-0.2, 0) is 14.3 Å². The Morgan fingerprint density at radius 3 is 2.45 bits per heavy atom. The van der Waals surface area contributed by atoms with Crippen molar-refractivity contribution in [1.82, 2.24) is 10.3 Å². The molecule has 3 amide bonds. The number of rotatable bonds is 4. The van der Waals surface area contributed by atoms with Crippen LogP contribution in [0.5, 0.6) is 5.75 Å². The monoisotopic (exact) mass is 396 g/mol. The third kappa shape index (κ3) is 5.17. The van der Waals surface area contributed by atoms with Crippen molar-refractivity contribution < 1.29 is 24.2 Å². The lowest BCUT2D eigenvalue weighted by Gasteiger charge is -2.27. The number of phenols is 1. The normalized spacial score (nSPS) is 13.9. The van der Waals surface area contributed by atoms with E-state index in [4.69, 9.17) is 4.74 Å². The maximum Gasteiger partial charge on any atom is 0.329 e. The van der Waals surface area contributed by atoms with Crippen LogP contribution in [0.4, 0.5) is 5.69 Å². The van der Waals surface area contributed by atoms with Crippen LogP contribution in [0.1, 0.15) is 15.9 Å². The Morgan fingerprint density at radius 2 is 1.69 bits per heavy atom. The molecule has 1 aliphatic rings. The molecule has 0 spiro atoms. The van der Waals surface area contributed by atoms with Gasteiger partial charge in [0.1, 0.15) is 5.75 Å². The third-order valence-electron chi connectivity index (χ3n) is 4.22. The summed E-state index contributed by atoms with van der Waals surface area (Å²) in [6, 6.07) is 12.9. The number of phenolic OH excluding ortho intramolecular Hbond substituents is 1. The number of benzene rings is 2. The first-order valence-electron chi connectivity index (χ1n) is 8.94. The van der Waals surface area contributed by atoms with E-state index in [1.807, 2.05) is 0 Å². The van der Waals surface area contributed by atoms with Gasteiger partial charge in [0, 0.05) is 18.7 Å². The maximum atomic E-state index is 12.7.